The molecule has 0 amide bonds. The van der Waals surface area contributed by atoms with Crippen molar-refractivity contribution in [2.24, 2.45) is 0 Å². The van der Waals surface area contributed by atoms with Crippen molar-refractivity contribution in [3.05, 3.63) is 54.1 Å². The topological polar surface area (TPSA) is 52.3 Å². The summed E-state index contributed by atoms with van der Waals surface area (Å²) >= 11 is 1.53. The second-order valence-corrected chi connectivity index (χ2v) is 6.15. The van der Waals surface area contributed by atoms with Gasteiger partial charge < -0.3 is 4.74 Å². The van der Waals surface area contributed by atoms with Crippen LogP contribution in [0.5, 0.6) is 5.75 Å². The number of para-hydroxylation sites is 1. The van der Waals surface area contributed by atoms with E-state index in [2.05, 4.69) is 35.3 Å². The number of hydrogen-bond acceptors (Lipinski definition) is 5. The quantitative estimate of drug-likeness (QED) is 0.575. The molecule has 6 heteroatoms. The lowest BCUT2D eigenvalue weighted by molar-refractivity contribution is 0.416. The molecule has 0 saturated heterocycles. The van der Waals surface area contributed by atoms with Crippen LogP contribution in [0.15, 0.2) is 48.5 Å². The molecule has 0 bridgehead atoms. The number of hydrogen-bond donors (Lipinski definition) is 0. The van der Waals surface area contributed by atoms with Crippen LogP contribution in [-0.2, 0) is 0 Å². The number of aromatic nitrogens is 4. The fourth-order valence-corrected chi connectivity index (χ4v) is 3.34. The number of nitrogens with zero attached hydrogens (tertiary/aromatic N) is 4. The van der Waals surface area contributed by atoms with Crippen LogP contribution in [0.3, 0.4) is 0 Å². The predicted octanol–water partition coefficient (Wildman–Crippen LogP) is 3.84. The molecule has 0 fully saturated rings. The van der Waals surface area contributed by atoms with Gasteiger partial charge in [0.05, 0.1) is 12.7 Å². The van der Waals surface area contributed by atoms with Crippen LogP contribution in [0.4, 0.5) is 0 Å². The molecule has 2 aromatic heterocycles. The predicted molar refractivity (Wildman–Crippen MR) is 90.8 cm³/mol. The second-order valence-electron chi connectivity index (χ2n) is 5.19. The average Bonchev–Trinajstić information content (AvgIpc) is 3.15. The Bertz CT molecular complexity index is 989. The largest absolute Gasteiger partial charge is 0.496 e. The minimum atomic E-state index is 0.688. The Hall–Kier alpha value is -2.73. The molecular weight excluding hydrogens is 308 g/mol. The van der Waals surface area contributed by atoms with Gasteiger partial charge in [0.1, 0.15) is 10.8 Å². The van der Waals surface area contributed by atoms with Gasteiger partial charge in [-0.15, -0.1) is 10.2 Å². The van der Waals surface area contributed by atoms with E-state index in [-0.39, 0.29) is 0 Å². The number of ether oxygens (including phenoxy) is 1. The zero-order valence-corrected chi connectivity index (χ0v) is 13.5. The number of aryl methyl sites for hydroxylation is 1. The fourth-order valence-electron chi connectivity index (χ4n) is 2.51. The first-order valence-corrected chi connectivity index (χ1v) is 8.00. The van der Waals surface area contributed by atoms with E-state index in [9.17, 15) is 0 Å². The molecule has 23 heavy (non-hydrogen) atoms. The summed E-state index contributed by atoms with van der Waals surface area (Å²) in [5, 5.41) is 14.1. The smallest absolute Gasteiger partial charge is 0.235 e. The lowest BCUT2D eigenvalue weighted by Crippen LogP contribution is -1.94. The minimum Gasteiger partial charge on any atom is -0.496 e. The molecule has 0 unspecified atom stereocenters. The van der Waals surface area contributed by atoms with Crippen molar-refractivity contribution in [1.29, 1.82) is 0 Å². The Morgan fingerprint density at radius 1 is 1.04 bits per heavy atom. The molecule has 0 aliphatic heterocycles. The van der Waals surface area contributed by atoms with Gasteiger partial charge in [0.2, 0.25) is 4.96 Å². The van der Waals surface area contributed by atoms with Crippen molar-refractivity contribution in [2.45, 2.75) is 6.92 Å². The maximum atomic E-state index is 5.42. The molecule has 0 aliphatic rings. The van der Waals surface area contributed by atoms with Crippen LogP contribution in [0.2, 0.25) is 0 Å². The number of benzene rings is 2. The first kappa shape index (κ1) is 13.9. The van der Waals surface area contributed by atoms with Crippen molar-refractivity contribution in [1.82, 2.24) is 19.8 Å². The van der Waals surface area contributed by atoms with Gasteiger partial charge in [0.15, 0.2) is 5.82 Å². The zero-order valence-electron chi connectivity index (χ0n) is 12.7. The summed E-state index contributed by atoms with van der Waals surface area (Å²) in [6.45, 7) is 2.07. The summed E-state index contributed by atoms with van der Waals surface area (Å²) in [6, 6.07) is 16.0. The highest BCUT2D eigenvalue weighted by atomic mass is 32.1. The molecule has 114 valence electrons. The average molecular weight is 322 g/mol. The molecule has 4 rings (SSSR count). The van der Waals surface area contributed by atoms with Gasteiger partial charge in [-0.1, -0.05) is 47.2 Å². The minimum absolute atomic E-state index is 0.688. The van der Waals surface area contributed by atoms with E-state index >= 15 is 0 Å². The monoisotopic (exact) mass is 322 g/mol. The molecule has 0 N–H and O–H groups in total. The zero-order chi connectivity index (χ0) is 15.8. The molecule has 2 heterocycles. The number of rotatable bonds is 3. The first-order chi connectivity index (χ1) is 11.3. The highest BCUT2D eigenvalue weighted by molar-refractivity contribution is 7.19. The van der Waals surface area contributed by atoms with E-state index in [4.69, 9.17) is 9.84 Å². The van der Waals surface area contributed by atoms with Gasteiger partial charge in [-0.25, -0.2) is 0 Å². The normalized spacial score (nSPS) is 11.0. The molecule has 2 aromatic carbocycles. The molecule has 5 nitrogen and oxygen atoms in total. The van der Waals surface area contributed by atoms with Crippen LogP contribution in [0.1, 0.15) is 5.56 Å². The van der Waals surface area contributed by atoms with E-state index < -0.39 is 0 Å². The fraction of sp³-hybridized carbons (Fsp3) is 0.118. The highest BCUT2D eigenvalue weighted by Crippen LogP contribution is 2.32. The molecule has 0 spiro atoms. The number of fused-ring (bicyclic) bond motifs is 1. The molecule has 0 radical (unpaired) electrons. The number of methoxy groups -OCH3 is 1. The maximum Gasteiger partial charge on any atom is 0.235 e. The van der Waals surface area contributed by atoms with Gasteiger partial charge >= 0.3 is 0 Å². The Kier molecular flexibility index (Phi) is 3.31. The molecule has 0 atom stereocenters. The Morgan fingerprint density at radius 2 is 1.91 bits per heavy atom. The molecule has 0 saturated carbocycles. The van der Waals surface area contributed by atoms with Gasteiger partial charge in [0, 0.05) is 5.56 Å². The summed E-state index contributed by atoms with van der Waals surface area (Å²) in [5.74, 6) is 1.44. The first-order valence-electron chi connectivity index (χ1n) is 7.19. The Balaban J connectivity index is 1.87. The summed E-state index contributed by atoms with van der Waals surface area (Å²) < 4.78 is 7.20. The van der Waals surface area contributed by atoms with E-state index in [1.165, 1.54) is 16.9 Å². The van der Waals surface area contributed by atoms with Crippen LogP contribution in [0.25, 0.3) is 26.9 Å². The highest BCUT2D eigenvalue weighted by Gasteiger charge is 2.17. The Morgan fingerprint density at radius 3 is 2.74 bits per heavy atom. The van der Waals surface area contributed by atoms with Crippen LogP contribution < -0.4 is 4.74 Å². The van der Waals surface area contributed by atoms with Crippen LogP contribution >= 0.6 is 11.3 Å². The lowest BCUT2D eigenvalue weighted by Gasteiger charge is -2.04. The second kappa shape index (κ2) is 5.48. The third-order valence-corrected chi connectivity index (χ3v) is 4.55. The van der Waals surface area contributed by atoms with Gasteiger partial charge in [-0.3, -0.25) is 0 Å². The van der Waals surface area contributed by atoms with Crippen molar-refractivity contribution in [3.8, 4) is 27.7 Å². The van der Waals surface area contributed by atoms with E-state index in [1.807, 2.05) is 30.3 Å². The van der Waals surface area contributed by atoms with E-state index in [0.29, 0.717) is 5.82 Å². The summed E-state index contributed by atoms with van der Waals surface area (Å²) in [6.07, 6.45) is 0. The molecule has 4 aromatic rings. The van der Waals surface area contributed by atoms with Crippen LogP contribution in [0, 0.1) is 6.92 Å². The van der Waals surface area contributed by atoms with Crippen molar-refractivity contribution < 1.29 is 4.74 Å². The SMILES string of the molecule is COc1ccccc1-c1nnc2sc(-c3cccc(C)c3)nn12. The van der Waals surface area contributed by atoms with Gasteiger partial charge in [-0.2, -0.15) is 9.61 Å². The maximum absolute atomic E-state index is 5.42. The van der Waals surface area contributed by atoms with Gasteiger partial charge in [0.25, 0.3) is 0 Å². The summed E-state index contributed by atoms with van der Waals surface area (Å²) in [5.41, 5.74) is 3.17. The van der Waals surface area contributed by atoms with Crippen molar-refractivity contribution >= 4 is 16.3 Å². The van der Waals surface area contributed by atoms with Gasteiger partial charge in [-0.05, 0) is 25.1 Å². The third-order valence-electron chi connectivity index (χ3n) is 3.60. The molecule has 0 aliphatic carbocycles. The Labute approximate surface area is 137 Å². The summed E-state index contributed by atoms with van der Waals surface area (Å²) in [7, 11) is 1.65. The lowest BCUT2D eigenvalue weighted by atomic mass is 10.1. The van der Waals surface area contributed by atoms with Crippen molar-refractivity contribution in [2.75, 3.05) is 7.11 Å². The molecular formula is C17H14N4OS. The third kappa shape index (κ3) is 2.37. The van der Waals surface area contributed by atoms with E-state index in [0.717, 1.165) is 26.8 Å². The van der Waals surface area contributed by atoms with Crippen molar-refractivity contribution in [3.63, 3.8) is 0 Å². The standard InChI is InChI=1S/C17H14N4OS/c1-11-6-5-7-12(10-11)16-20-21-15(18-19-17(21)23-16)13-8-3-4-9-14(13)22-2/h3-10H,1-2H3. The summed E-state index contributed by atoms with van der Waals surface area (Å²) in [4.78, 5) is 0.766. The van der Waals surface area contributed by atoms with Crippen LogP contribution in [-0.4, -0.2) is 26.9 Å². The van der Waals surface area contributed by atoms with E-state index in [1.54, 1.807) is 11.6 Å².